The summed E-state index contributed by atoms with van der Waals surface area (Å²) >= 11 is 6.19. The van der Waals surface area contributed by atoms with Gasteiger partial charge in [-0.3, -0.25) is 4.79 Å². The molecule has 1 N–H and O–H groups in total. The summed E-state index contributed by atoms with van der Waals surface area (Å²) in [5, 5.41) is 2.98. The molecule has 0 heterocycles. The zero-order valence-electron chi connectivity index (χ0n) is 16.2. The van der Waals surface area contributed by atoms with Crippen molar-refractivity contribution in [2.75, 3.05) is 11.9 Å². The average molecular weight is 390 g/mol. The minimum Gasteiger partial charge on any atom is -0.481 e. The van der Waals surface area contributed by atoms with Crippen LogP contribution >= 0.6 is 11.6 Å². The van der Waals surface area contributed by atoms with Gasteiger partial charge in [-0.25, -0.2) is 4.79 Å². The Morgan fingerprint density at radius 2 is 1.85 bits per heavy atom. The lowest BCUT2D eigenvalue weighted by Gasteiger charge is -2.18. The maximum absolute atomic E-state index is 12.5. The quantitative estimate of drug-likeness (QED) is 0.717. The highest BCUT2D eigenvalue weighted by Crippen LogP contribution is 2.26. The molecule has 144 valence electrons. The first-order valence-electron chi connectivity index (χ1n) is 8.75. The van der Waals surface area contributed by atoms with Crippen LogP contribution in [-0.2, 0) is 9.53 Å². The number of aryl methyl sites for hydroxylation is 2. The summed E-state index contributed by atoms with van der Waals surface area (Å²) in [4.78, 5) is 24.2. The van der Waals surface area contributed by atoms with Gasteiger partial charge in [-0.1, -0.05) is 17.7 Å². The molecular weight excluding hydrogens is 366 g/mol. The van der Waals surface area contributed by atoms with E-state index in [1.165, 1.54) is 6.07 Å². The van der Waals surface area contributed by atoms with Crippen molar-refractivity contribution >= 4 is 29.2 Å². The van der Waals surface area contributed by atoms with E-state index < -0.39 is 12.1 Å². The van der Waals surface area contributed by atoms with Crippen LogP contribution in [0.3, 0.4) is 0 Å². The molecule has 0 bridgehead atoms. The molecule has 1 unspecified atom stereocenters. The minimum absolute atomic E-state index is 0.253. The van der Waals surface area contributed by atoms with Gasteiger partial charge in [0.25, 0.3) is 5.91 Å². The van der Waals surface area contributed by atoms with Crippen LogP contribution in [0.25, 0.3) is 0 Å². The van der Waals surface area contributed by atoms with Crippen molar-refractivity contribution in [3.63, 3.8) is 0 Å². The van der Waals surface area contributed by atoms with E-state index in [0.29, 0.717) is 17.0 Å². The number of halogens is 1. The predicted molar refractivity (Wildman–Crippen MR) is 107 cm³/mol. The topological polar surface area (TPSA) is 64.6 Å². The molecule has 0 saturated carbocycles. The molecule has 0 aliphatic rings. The van der Waals surface area contributed by atoms with Crippen molar-refractivity contribution in [1.82, 2.24) is 0 Å². The third-order valence-electron chi connectivity index (χ3n) is 4.18. The second-order valence-electron chi connectivity index (χ2n) is 6.37. The average Bonchev–Trinajstić information content (AvgIpc) is 2.60. The summed E-state index contributed by atoms with van der Waals surface area (Å²) in [5.41, 5.74) is 3.91. The van der Waals surface area contributed by atoms with E-state index >= 15 is 0 Å². The summed E-state index contributed by atoms with van der Waals surface area (Å²) in [6.07, 6.45) is -0.717. The maximum Gasteiger partial charge on any atom is 0.338 e. The smallest absolute Gasteiger partial charge is 0.338 e. The Kier molecular flexibility index (Phi) is 6.86. The largest absolute Gasteiger partial charge is 0.481 e. The van der Waals surface area contributed by atoms with Crippen molar-refractivity contribution in [3.05, 3.63) is 57.6 Å². The van der Waals surface area contributed by atoms with Gasteiger partial charge in [0.05, 0.1) is 22.9 Å². The van der Waals surface area contributed by atoms with E-state index in [9.17, 15) is 9.59 Å². The Labute approximate surface area is 164 Å². The molecule has 1 amide bonds. The number of amides is 1. The molecule has 27 heavy (non-hydrogen) atoms. The fourth-order valence-electron chi connectivity index (χ4n) is 2.56. The van der Waals surface area contributed by atoms with Crippen molar-refractivity contribution < 1.29 is 19.1 Å². The van der Waals surface area contributed by atoms with E-state index in [4.69, 9.17) is 21.1 Å². The number of esters is 1. The van der Waals surface area contributed by atoms with Crippen LogP contribution in [0.15, 0.2) is 30.3 Å². The first-order chi connectivity index (χ1) is 12.7. The summed E-state index contributed by atoms with van der Waals surface area (Å²) in [6.45, 7) is 9.63. The molecule has 2 aromatic rings. The van der Waals surface area contributed by atoms with Crippen LogP contribution in [0.5, 0.6) is 5.75 Å². The molecule has 0 aliphatic heterocycles. The van der Waals surface area contributed by atoms with Gasteiger partial charge in [-0.15, -0.1) is 0 Å². The standard InChI is InChI=1S/C21H24ClNO4/c1-6-26-21(25)16-7-8-18(17(22)11-16)23-20(24)15(5)27-19-10-12(2)9-13(3)14(19)4/h7-11,15H,6H2,1-5H3,(H,23,24). The summed E-state index contributed by atoms with van der Waals surface area (Å²) < 4.78 is 10.8. The Morgan fingerprint density at radius 3 is 2.48 bits per heavy atom. The SMILES string of the molecule is CCOC(=O)c1ccc(NC(=O)C(C)Oc2cc(C)cc(C)c2C)c(Cl)c1. The number of benzene rings is 2. The second kappa shape index (κ2) is 8.91. The van der Waals surface area contributed by atoms with Crippen molar-refractivity contribution in [2.24, 2.45) is 0 Å². The normalized spacial score (nSPS) is 11.6. The summed E-state index contributed by atoms with van der Waals surface area (Å²) in [6, 6.07) is 8.57. The molecule has 0 spiro atoms. The number of hydrogen-bond donors (Lipinski definition) is 1. The zero-order chi connectivity index (χ0) is 20.1. The van der Waals surface area contributed by atoms with Crippen LogP contribution in [0.2, 0.25) is 5.02 Å². The predicted octanol–water partition coefficient (Wildman–Crippen LogP) is 4.85. The third-order valence-corrected chi connectivity index (χ3v) is 4.49. The van der Waals surface area contributed by atoms with Crippen LogP contribution in [0.4, 0.5) is 5.69 Å². The van der Waals surface area contributed by atoms with E-state index in [1.807, 2.05) is 26.8 Å². The maximum atomic E-state index is 12.5. The number of ether oxygens (including phenoxy) is 2. The highest BCUT2D eigenvalue weighted by atomic mass is 35.5. The fraction of sp³-hybridized carbons (Fsp3) is 0.333. The molecule has 1 atom stereocenters. The number of nitrogens with one attached hydrogen (secondary N) is 1. The van der Waals surface area contributed by atoms with E-state index in [1.54, 1.807) is 26.0 Å². The van der Waals surface area contributed by atoms with E-state index in [0.717, 1.165) is 16.7 Å². The van der Waals surface area contributed by atoms with Gasteiger partial charge < -0.3 is 14.8 Å². The summed E-state index contributed by atoms with van der Waals surface area (Å²) in [7, 11) is 0. The first-order valence-corrected chi connectivity index (χ1v) is 9.12. The molecule has 2 aromatic carbocycles. The highest BCUT2D eigenvalue weighted by Gasteiger charge is 2.18. The number of anilines is 1. The minimum atomic E-state index is -0.717. The van der Waals surface area contributed by atoms with Crippen molar-refractivity contribution in [3.8, 4) is 5.75 Å². The number of rotatable bonds is 6. The zero-order valence-corrected chi connectivity index (χ0v) is 16.9. The lowest BCUT2D eigenvalue weighted by atomic mass is 10.1. The molecule has 0 aromatic heterocycles. The van der Waals surface area contributed by atoms with Gasteiger partial charge in [-0.05, 0) is 75.6 Å². The second-order valence-corrected chi connectivity index (χ2v) is 6.78. The molecule has 0 fully saturated rings. The molecule has 2 rings (SSSR count). The highest BCUT2D eigenvalue weighted by molar-refractivity contribution is 6.34. The Morgan fingerprint density at radius 1 is 1.15 bits per heavy atom. The Bertz CT molecular complexity index is 864. The van der Waals surface area contributed by atoms with Crippen molar-refractivity contribution in [1.29, 1.82) is 0 Å². The van der Waals surface area contributed by atoms with Gasteiger partial charge in [0.2, 0.25) is 0 Å². The fourth-order valence-corrected chi connectivity index (χ4v) is 2.79. The van der Waals surface area contributed by atoms with E-state index in [2.05, 4.69) is 11.4 Å². The number of carbonyl (C=O) groups is 2. The first kappa shape index (κ1) is 20.8. The lowest BCUT2D eigenvalue weighted by molar-refractivity contribution is -0.122. The van der Waals surface area contributed by atoms with Gasteiger partial charge >= 0.3 is 5.97 Å². The Balaban J connectivity index is 2.09. The van der Waals surface area contributed by atoms with Crippen LogP contribution < -0.4 is 10.1 Å². The molecule has 0 radical (unpaired) electrons. The van der Waals surface area contributed by atoms with Gasteiger partial charge in [-0.2, -0.15) is 0 Å². The molecule has 0 aliphatic carbocycles. The molecular formula is C21H24ClNO4. The van der Waals surface area contributed by atoms with Gasteiger partial charge in [0.15, 0.2) is 6.10 Å². The Hall–Kier alpha value is -2.53. The summed E-state index contributed by atoms with van der Waals surface area (Å²) in [5.74, 6) is -0.113. The molecule has 5 nitrogen and oxygen atoms in total. The van der Waals surface area contributed by atoms with E-state index in [-0.39, 0.29) is 17.5 Å². The number of hydrogen-bond acceptors (Lipinski definition) is 4. The van der Waals surface area contributed by atoms with Gasteiger partial charge in [0.1, 0.15) is 5.75 Å². The van der Waals surface area contributed by atoms with Crippen LogP contribution in [0.1, 0.15) is 40.9 Å². The van der Waals surface area contributed by atoms with Crippen LogP contribution in [0, 0.1) is 20.8 Å². The molecule has 0 saturated heterocycles. The monoisotopic (exact) mass is 389 g/mol. The number of carbonyl (C=O) groups excluding carboxylic acids is 2. The van der Waals surface area contributed by atoms with Crippen LogP contribution in [-0.4, -0.2) is 24.6 Å². The third kappa shape index (κ3) is 5.23. The molecule has 6 heteroatoms. The van der Waals surface area contributed by atoms with Crippen molar-refractivity contribution in [2.45, 2.75) is 40.7 Å². The lowest BCUT2D eigenvalue weighted by Crippen LogP contribution is -2.30. The van der Waals surface area contributed by atoms with Gasteiger partial charge in [0, 0.05) is 0 Å².